The van der Waals surface area contributed by atoms with Gasteiger partial charge in [0.25, 0.3) is 0 Å². The van der Waals surface area contributed by atoms with Crippen LogP contribution >= 0.6 is 11.8 Å². The van der Waals surface area contributed by atoms with E-state index in [1.165, 1.54) is 30.2 Å². The maximum Gasteiger partial charge on any atom is 0.230 e. The Morgan fingerprint density at radius 3 is 2.81 bits per heavy atom. The number of nitrogens with one attached hydrogen (secondary N) is 1. The molecule has 6 nitrogen and oxygen atoms in total. The second kappa shape index (κ2) is 9.19. The highest BCUT2D eigenvalue weighted by Crippen LogP contribution is 2.22. The number of carbonyl (C=O) groups is 1. The largest absolute Gasteiger partial charge is 0.353 e. The molecule has 0 unspecified atom stereocenters. The number of carbonyl (C=O) groups excluding carboxylic acids is 1. The number of likely N-dealkylation sites (N-methyl/N-ethyl adjacent to an activating group) is 1. The lowest BCUT2D eigenvalue weighted by Crippen LogP contribution is -2.35. The third-order valence-electron chi connectivity index (χ3n) is 4.71. The predicted octanol–water partition coefficient (Wildman–Crippen LogP) is 2.52. The van der Waals surface area contributed by atoms with E-state index in [0.717, 1.165) is 30.4 Å². The summed E-state index contributed by atoms with van der Waals surface area (Å²) in [5.74, 6) is 1.46. The van der Waals surface area contributed by atoms with Gasteiger partial charge in [-0.25, -0.2) is 0 Å². The molecule has 0 fully saturated rings. The van der Waals surface area contributed by atoms with E-state index in [9.17, 15) is 4.79 Å². The van der Waals surface area contributed by atoms with Crippen molar-refractivity contribution in [3.05, 3.63) is 41.7 Å². The second-order valence-corrected chi connectivity index (χ2v) is 7.79. The van der Waals surface area contributed by atoms with E-state index >= 15 is 0 Å². The Morgan fingerprint density at radius 2 is 2.04 bits per heavy atom. The van der Waals surface area contributed by atoms with Gasteiger partial charge in [-0.15, -0.1) is 10.2 Å². The zero-order valence-electron chi connectivity index (χ0n) is 15.5. The van der Waals surface area contributed by atoms with Crippen molar-refractivity contribution in [1.82, 2.24) is 25.0 Å². The molecule has 1 aromatic carbocycles. The molecule has 7 heteroatoms. The fourth-order valence-corrected chi connectivity index (χ4v) is 4.04. The molecular weight excluding hydrogens is 346 g/mol. The standard InChI is InChI=1S/C19H27N5OS/c1-23(2)16(15-9-5-3-6-10-15)13-20-18(25)14-26-19-22-21-17-11-7-4-8-12-24(17)19/h3,5-6,9-10,16H,4,7-8,11-14H2,1-2H3,(H,20,25)/t16-/m1/s1. The number of aryl methyl sites for hydroxylation is 1. The molecule has 0 saturated heterocycles. The smallest absolute Gasteiger partial charge is 0.230 e. The summed E-state index contributed by atoms with van der Waals surface area (Å²) in [4.78, 5) is 14.5. The lowest BCUT2D eigenvalue weighted by atomic mass is 10.1. The van der Waals surface area contributed by atoms with Crippen LogP contribution in [0.5, 0.6) is 0 Å². The molecule has 1 N–H and O–H groups in total. The normalized spacial score (nSPS) is 15.3. The van der Waals surface area contributed by atoms with Crippen LogP contribution in [-0.4, -0.2) is 52.0 Å². The van der Waals surface area contributed by atoms with E-state index in [0.29, 0.717) is 12.3 Å². The number of hydrogen-bond donors (Lipinski definition) is 1. The van der Waals surface area contributed by atoms with Crippen LogP contribution in [0.25, 0.3) is 0 Å². The highest BCUT2D eigenvalue weighted by molar-refractivity contribution is 7.99. The van der Waals surface area contributed by atoms with Crippen molar-refractivity contribution >= 4 is 17.7 Å². The van der Waals surface area contributed by atoms with Crippen LogP contribution in [0.1, 0.15) is 36.7 Å². The fourth-order valence-electron chi connectivity index (χ4n) is 3.23. The van der Waals surface area contributed by atoms with Crippen molar-refractivity contribution in [3.8, 4) is 0 Å². The quantitative estimate of drug-likeness (QED) is 0.756. The van der Waals surface area contributed by atoms with Crippen LogP contribution in [-0.2, 0) is 17.8 Å². The van der Waals surface area contributed by atoms with Gasteiger partial charge in [-0.2, -0.15) is 0 Å². The molecule has 1 aromatic heterocycles. The molecule has 2 heterocycles. The van der Waals surface area contributed by atoms with Gasteiger partial charge in [-0.3, -0.25) is 4.79 Å². The number of fused-ring (bicyclic) bond motifs is 1. The first-order valence-corrected chi connectivity index (χ1v) is 10.2. The minimum absolute atomic E-state index is 0.0313. The zero-order valence-corrected chi connectivity index (χ0v) is 16.3. The van der Waals surface area contributed by atoms with Crippen molar-refractivity contribution in [1.29, 1.82) is 0 Å². The van der Waals surface area contributed by atoms with Gasteiger partial charge < -0.3 is 14.8 Å². The summed E-state index contributed by atoms with van der Waals surface area (Å²) in [5.41, 5.74) is 1.20. The molecule has 1 amide bonds. The Bertz CT molecular complexity index is 716. The van der Waals surface area contributed by atoms with Crippen LogP contribution in [0, 0.1) is 0 Å². The van der Waals surface area contributed by atoms with E-state index in [-0.39, 0.29) is 11.9 Å². The SMILES string of the molecule is CN(C)[C@H](CNC(=O)CSc1nnc2n1CCCCC2)c1ccccc1. The molecule has 140 valence electrons. The van der Waals surface area contributed by atoms with Gasteiger partial charge in [0.2, 0.25) is 5.91 Å². The summed E-state index contributed by atoms with van der Waals surface area (Å²) < 4.78 is 2.18. The summed E-state index contributed by atoms with van der Waals surface area (Å²) in [6, 6.07) is 10.4. The van der Waals surface area contributed by atoms with Gasteiger partial charge in [0, 0.05) is 19.5 Å². The van der Waals surface area contributed by atoms with Crippen molar-refractivity contribution in [2.45, 2.75) is 43.4 Å². The minimum Gasteiger partial charge on any atom is -0.353 e. The van der Waals surface area contributed by atoms with Gasteiger partial charge in [-0.05, 0) is 32.5 Å². The number of rotatable bonds is 7. The molecule has 0 saturated carbocycles. The number of thioether (sulfide) groups is 1. The molecule has 1 atom stereocenters. The highest BCUT2D eigenvalue weighted by atomic mass is 32.2. The van der Waals surface area contributed by atoms with Crippen LogP contribution in [0.3, 0.4) is 0 Å². The van der Waals surface area contributed by atoms with Gasteiger partial charge in [0.1, 0.15) is 5.82 Å². The molecule has 0 aliphatic carbocycles. The highest BCUT2D eigenvalue weighted by Gasteiger charge is 2.18. The Labute approximate surface area is 159 Å². The Kier molecular flexibility index (Phi) is 6.68. The molecule has 1 aliphatic rings. The number of amides is 1. The van der Waals surface area contributed by atoms with E-state index in [4.69, 9.17) is 0 Å². The number of nitrogens with zero attached hydrogens (tertiary/aromatic N) is 4. The van der Waals surface area contributed by atoms with Gasteiger partial charge in [-0.1, -0.05) is 48.5 Å². The molecular formula is C19H27N5OS. The minimum atomic E-state index is 0.0313. The monoisotopic (exact) mass is 373 g/mol. The summed E-state index contributed by atoms with van der Waals surface area (Å²) in [6.07, 6.45) is 4.56. The molecule has 0 radical (unpaired) electrons. The lowest BCUT2D eigenvalue weighted by Gasteiger charge is -2.25. The van der Waals surface area contributed by atoms with E-state index in [1.54, 1.807) is 0 Å². The molecule has 1 aliphatic heterocycles. The fraction of sp³-hybridized carbons (Fsp3) is 0.526. The average Bonchev–Trinajstić information content (AvgIpc) is 2.87. The molecule has 0 bridgehead atoms. The molecule has 0 spiro atoms. The molecule has 26 heavy (non-hydrogen) atoms. The van der Waals surface area contributed by atoms with Gasteiger partial charge in [0.15, 0.2) is 5.16 Å². The second-order valence-electron chi connectivity index (χ2n) is 6.84. The zero-order chi connectivity index (χ0) is 18.4. The van der Waals surface area contributed by atoms with Crippen LogP contribution in [0.4, 0.5) is 0 Å². The first kappa shape index (κ1) is 18.9. The Morgan fingerprint density at radius 1 is 1.23 bits per heavy atom. The van der Waals surface area contributed by atoms with Crippen LogP contribution in [0.2, 0.25) is 0 Å². The van der Waals surface area contributed by atoms with Crippen molar-refractivity contribution < 1.29 is 4.79 Å². The lowest BCUT2D eigenvalue weighted by molar-refractivity contribution is -0.118. The van der Waals surface area contributed by atoms with Crippen LogP contribution < -0.4 is 5.32 Å². The van der Waals surface area contributed by atoms with Crippen molar-refractivity contribution in [3.63, 3.8) is 0 Å². The number of hydrogen-bond acceptors (Lipinski definition) is 5. The average molecular weight is 374 g/mol. The van der Waals surface area contributed by atoms with E-state index in [2.05, 4.69) is 37.1 Å². The number of benzene rings is 1. The van der Waals surface area contributed by atoms with Gasteiger partial charge in [0.05, 0.1) is 11.8 Å². The molecule has 2 aromatic rings. The van der Waals surface area contributed by atoms with Crippen LogP contribution in [0.15, 0.2) is 35.5 Å². The van der Waals surface area contributed by atoms with E-state index < -0.39 is 0 Å². The summed E-state index contributed by atoms with van der Waals surface area (Å²) in [6.45, 7) is 1.55. The Balaban J connectivity index is 1.52. The maximum atomic E-state index is 12.3. The van der Waals surface area contributed by atoms with Gasteiger partial charge >= 0.3 is 0 Å². The van der Waals surface area contributed by atoms with Crippen molar-refractivity contribution in [2.75, 3.05) is 26.4 Å². The summed E-state index contributed by atoms with van der Waals surface area (Å²) in [7, 11) is 4.06. The van der Waals surface area contributed by atoms with Crippen molar-refractivity contribution in [2.24, 2.45) is 0 Å². The number of aromatic nitrogens is 3. The van der Waals surface area contributed by atoms with E-state index in [1.807, 2.05) is 32.3 Å². The first-order valence-electron chi connectivity index (χ1n) is 9.18. The summed E-state index contributed by atoms with van der Waals surface area (Å²) >= 11 is 1.48. The third-order valence-corrected chi connectivity index (χ3v) is 5.67. The first-order chi connectivity index (χ1) is 12.6. The predicted molar refractivity (Wildman–Crippen MR) is 104 cm³/mol. The topological polar surface area (TPSA) is 63.1 Å². The molecule has 3 rings (SSSR count). The third kappa shape index (κ3) is 4.86. The summed E-state index contributed by atoms with van der Waals surface area (Å²) in [5, 5.41) is 12.5. The Hall–Kier alpha value is -1.86. The maximum absolute atomic E-state index is 12.3.